The average molecular weight is 404 g/mol. The molecule has 1 heterocycles. The standard InChI is InChI=1S/C21H25NO2.BrH/c1-2-24-21(23)14-4-3-9-15-22-19-12-7-5-10-17(19)16-18-11-6-8-13-20(18)22;/h5-8,10-13H,2-4,9,14-16H2,1H3;1H. The number of hydrogen-bond donors (Lipinski definition) is 0. The molecule has 0 fully saturated rings. The van der Waals surface area contributed by atoms with Crippen LogP contribution in [0.2, 0.25) is 0 Å². The molecule has 0 radical (unpaired) electrons. The van der Waals surface area contributed by atoms with Gasteiger partial charge in [0.1, 0.15) is 0 Å². The first kappa shape index (κ1) is 19.5. The quantitative estimate of drug-likeness (QED) is 0.455. The van der Waals surface area contributed by atoms with Crippen molar-refractivity contribution in [2.75, 3.05) is 18.1 Å². The van der Waals surface area contributed by atoms with Gasteiger partial charge >= 0.3 is 5.97 Å². The largest absolute Gasteiger partial charge is 0.466 e. The summed E-state index contributed by atoms with van der Waals surface area (Å²) in [5.74, 6) is -0.0776. The zero-order chi connectivity index (χ0) is 16.8. The Hall–Kier alpha value is -1.81. The minimum Gasteiger partial charge on any atom is -0.466 e. The minimum absolute atomic E-state index is 0. The van der Waals surface area contributed by atoms with E-state index in [1.54, 1.807) is 0 Å². The lowest BCUT2D eigenvalue weighted by Gasteiger charge is -2.33. The average Bonchev–Trinajstić information content (AvgIpc) is 2.61. The van der Waals surface area contributed by atoms with Crippen molar-refractivity contribution in [1.29, 1.82) is 0 Å². The second kappa shape index (κ2) is 9.62. The monoisotopic (exact) mass is 403 g/mol. The van der Waals surface area contributed by atoms with Crippen molar-refractivity contribution in [3.8, 4) is 0 Å². The van der Waals surface area contributed by atoms with Crippen LogP contribution in [0.5, 0.6) is 0 Å². The van der Waals surface area contributed by atoms with Gasteiger partial charge in [-0.05, 0) is 43.0 Å². The summed E-state index contributed by atoms with van der Waals surface area (Å²) in [7, 11) is 0. The maximum atomic E-state index is 11.4. The normalized spacial score (nSPS) is 12.0. The van der Waals surface area contributed by atoms with Crippen molar-refractivity contribution < 1.29 is 9.53 Å². The molecule has 0 aromatic heterocycles. The van der Waals surface area contributed by atoms with Crippen molar-refractivity contribution in [1.82, 2.24) is 0 Å². The Bertz CT molecular complexity index is 656. The van der Waals surface area contributed by atoms with Crippen molar-refractivity contribution in [2.45, 2.75) is 39.0 Å². The third-order valence-corrected chi connectivity index (χ3v) is 4.51. The Labute approximate surface area is 160 Å². The molecule has 1 aliphatic rings. The smallest absolute Gasteiger partial charge is 0.305 e. The molecule has 134 valence electrons. The maximum Gasteiger partial charge on any atom is 0.305 e. The van der Waals surface area contributed by atoms with Crippen molar-refractivity contribution in [2.24, 2.45) is 0 Å². The number of benzene rings is 2. The van der Waals surface area contributed by atoms with Crippen molar-refractivity contribution in [3.63, 3.8) is 0 Å². The fourth-order valence-electron chi connectivity index (χ4n) is 3.37. The second-order valence-electron chi connectivity index (χ2n) is 6.20. The van der Waals surface area contributed by atoms with Crippen LogP contribution >= 0.6 is 17.0 Å². The fourth-order valence-corrected chi connectivity index (χ4v) is 3.37. The number of para-hydroxylation sites is 2. The molecule has 0 amide bonds. The highest BCUT2D eigenvalue weighted by Crippen LogP contribution is 2.38. The van der Waals surface area contributed by atoms with Crippen LogP contribution in [0.4, 0.5) is 11.4 Å². The van der Waals surface area contributed by atoms with E-state index >= 15 is 0 Å². The first-order valence-corrected chi connectivity index (χ1v) is 8.88. The van der Waals surface area contributed by atoms with Gasteiger partial charge in [-0.15, -0.1) is 17.0 Å². The van der Waals surface area contributed by atoms with E-state index in [1.807, 2.05) is 6.92 Å². The number of carbonyl (C=O) groups excluding carboxylic acids is 1. The Morgan fingerprint density at radius 2 is 1.56 bits per heavy atom. The molecule has 0 aliphatic carbocycles. The van der Waals surface area contributed by atoms with Crippen LogP contribution in [-0.4, -0.2) is 19.1 Å². The zero-order valence-corrected chi connectivity index (χ0v) is 16.5. The van der Waals surface area contributed by atoms with Crippen LogP contribution in [0, 0.1) is 0 Å². The molecule has 1 aliphatic heterocycles. The molecule has 0 atom stereocenters. The van der Waals surface area contributed by atoms with Crippen LogP contribution in [0.25, 0.3) is 0 Å². The summed E-state index contributed by atoms with van der Waals surface area (Å²) in [6, 6.07) is 17.3. The summed E-state index contributed by atoms with van der Waals surface area (Å²) in [6.07, 6.45) is 4.55. The van der Waals surface area contributed by atoms with Gasteiger partial charge in [0, 0.05) is 30.8 Å². The highest BCUT2D eigenvalue weighted by molar-refractivity contribution is 8.93. The summed E-state index contributed by atoms with van der Waals surface area (Å²) in [6.45, 7) is 3.31. The summed E-state index contributed by atoms with van der Waals surface area (Å²) in [5, 5.41) is 0. The van der Waals surface area contributed by atoms with Crippen molar-refractivity contribution in [3.05, 3.63) is 59.7 Å². The molecule has 2 aromatic rings. The maximum absolute atomic E-state index is 11.4. The summed E-state index contributed by atoms with van der Waals surface area (Å²) in [4.78, 5) is 13.8. The molecule has 0 N–H and O–H groups in total. The van der Waals surface area contributed by atoms with Crippen LogP contribution in [0.15, 0.2) is 48.5 Å². The number of rotatable bonds is 7. The predicted molar refractivity (Wildman–Crippen MR) is 108 cm³/mol. The van der Waals surface area contributed by atoms with E-state index in [2.05, 4.69) is 53.4 Å². The van der Waals surface area contributed by atoms with Gasteiger partial charge in [-0.1, -0.05) is 42.8 Å². The van der Waals surface area contributed by atoms with E-state index in [0.29, 0.717) is 13.0 Å². The van der Waals surface area contributed by atoms with E-state index in [9.17, 15) is 4.79 Å². The number of carbonyl (C=O) groups is 1. The molecule has 0 saturated heterocycles. The topological polar surface area (TPSA) is 29.5 Å². The molecule has 0 bridgehead atoms. The van der Waals surface area contributed by atoms with Gasteiger partial charge in [-0.3, -0.25) is 4.79 Å². The predicted octanol–water partition coefficient (Wildman–Crippen LogP) is 5.43. The molecule has 4 heteroatoms. The highest BCUT2D eigenvalue weighted by atomic mass is 79.9. The number of unbranched alkanes of at least 4 members (excludes halogenated alkanes) is 2. The zero-order valence-electron chi connectivity index (χ0n) is 14.7. The first-order chi connectivity index (χ1) is 11.8. The SMILES string of the molecule is Br.CCOC(=O)CCCCCN1c2ccccc2Cc2ccccc21. The molecule has 3 rings (SSSR count). The number of nitrogens with zero attached hydrogens (tertiary/aromatic N) is 1. The lowest BCUT2D eigenvalue weighted by atomic mass is 9.95. The third kappa shape index (κ3) is 4.85. The van der Waals surface area contributed by atoms with Gasteiger partial charge in [-0.2, -0.15) is 0 Å². The summed E-state index contributed by atoms with van der Waals surface area (Å²) < 4.78 is 4.98. The first-order valence-electron chi connectivity index (χ1n) is 8.88. The van der Waals surface area contributed by atoms with Crippen LogP contribution < -0.4 is 4.90 Å². The molecule has 2 aromatic carbocycles. The molecule has 0 spiro atoms. The number of fused-ring (bicyclic) bond motifs is 2. The Kier molecular flexibility index (Phi) is 7.51. The van der Waals surface area contributed by atoms with E-state index < -0.39 is 0 Å². The lowest BCUT2D eigenvalue weighted by Crippen LogP contribution is -2.24. The van der Waals surface area contributed by atoms with Gasteiger partial charge in [-0.25, -0.2) is 0 Å². The number of halogens is 1. The Morgan fingerprint density at radius 1 is 0.960 bits per heavy atom. The van der Waals surface area contributed by atoms with Crippen LogP contribution in [0.3, 0.4) is 0 Å². The molecule has 0 saturated carbocycles. The van der Waals surface area contributed by atoms with E-state index in [1.165, 1.54) is 22.5 Å². The molecular formula is C21H26BrNO2. The van der Waals surface area contributed by atoms with Gasteiger partial charge in [0.25, 0.3) is 0 Å². The summed E-state index contributed by atoms with van der Waals surface area (Å²) >= 11 is 0. The second-order valence-corrected chi connectivity index (χ2v) is 6.20. The molecule has 0 unspecified atom stereocenters. The van der Waals surface area contributed by atoms with Crippen LogP contribution in [-0.2, 0) is 16.0 Å². The van der Waals surface area contributed by atoms with E-state index in [0.717, 1.165) is 32.2 Å². The Morgan fingerprint density at radius 3 is 2.16 bits per heavy atom. The van der Waals surface area contributed by atoms with Crippen LogP contribution in [0.1, 0.15) is 43.7 Å². The summed E-state index contributed by atoms with van der Waals surface area (Å²) in [5.41, 5.74) is 5.42. The Balaban J connectivity index is 0.00000225. The minimum atomic E-state index is -0.0776. The number of esters is 1. The van der Waals surface area contributed by atoms with E-state index in [-0.39, 0.29) is 23.0 Å². The van der Waals surface area contributed by atoms with E-state index in [4.69, 9.17) is 4.74 Å². The van der Waals surface area contributed by atoms with Gasteiger partial charge in [0.2, 0.25) is 0 Å². The lowest BCUT2D eigenvalue weighted by molar-refractivity contribution is -0.143. The van der Waals surface area contributed by atoms with Gasteiger partial charge in [0.15, 0.2) is 0 Å². The molecular weight excluding hydrogens is 378 g/mol. The molecule has 3 nitrogen and oxygen atoms in total. The van der Waals surface area contributed by atoms with Crippen molar-refractivity contribution >= 4 is 34.3 Å². The number of ether oxygens (including phenoxy) is 1. The fraction of sp³-hybridized carbons (Fsp3) is 0.381. The number of hydrogen-bond acceptors (Lipinski definition) is 3. The number of anilines is 2. The third-order valence-electron chi connectivity index (χ3n) is 4.51. The highest BCUT2D eigenvalue weighted by Gasteiger charge is 2.21. The van der Waals surface area contributed by atoms with Gasteiger partial charge in [0.05, 0.1) is 6.61 Å². The molecule has 25 heavy (non-hydrogen) atoms. The van der Waals surface area contributed by atoms with Gasteiger partial charge < -0.3 is 9.64 Å².